The highest BCUT2D eigenvalue weighted by atomic mass is 15.3. The van der Waals surface area contributed by atoms with Gasteiger partial charge in [0.05, 0.1) is 11.2 Å². The van der Waals surface area contributed by atoms with Gasteiger partial charge >= 0.3 is 0 Å². The molecule has 0 radical (unpaired) electrons. The van der Waals surface area contributed by atoms with Crippen molar-refractivity contribution in [1.82, 2.24) is 15.1 Å². The molecule has 0 aliphatic rings. The molecule has 0 aliphatic heterocycles. The van der Waals surface area contributed by atoms with Gasteiger partial charge in [0.2, 0.25) is 0 Å². The smallest absolute Gasteiger partial charge is 0.0706 e. The molecule has 2 atom stereocenters. The Labute approximate surface area is 128 Å². The molecule has 0 aliphatic carbocycles. The number of aryl methyl sites for hydroxylation is 1. The Hall–Kier alpha value is -1.35. The average molecular weight is 287 g/mol. The molecule has 0 spiro atoms. The van der Waals surface area contributed by atoms with Crippen LogP contribution in [0.2, 0.25) is 0 Å². The van der Waals surface area contributed by atoms with E-state index in [2.05, 4.69) is 62.0 Å². The fraction of sp³-hybridized carbons (Fsp3) is 0.611. The first kappa shape index (κ1) is 16.0. The first-order chi connectivity index (χ1) is 10.2. The Balaban J connectivity index is 2.18. The molecule has 1 heterocycles. The first-order valence-electron chi connectivity index (χ1n) is 8.39. The van der Waals surface area contributed by atoms with Gasteiger partial charge in [-0.3, -0.25) is 4.68 Å². The molecule has 1 N–H and O–H groups in total. The van der Waals surface area contributed by atoms with Crippen LogP contribution < -0.4 is 5.32 Å². The quantitative estimate of drug-likeness (QED) is 0.795. The molecule has 21 heavy (non-hydrogen) atoms. The Morgan fingerprint density at radius 1 is 1.19 bits per heavy atom. The second kappa shape index (κ2) is 7.60. The summed E-state index contributed by atoms with van der Waals surface area (Å²) >= 11 is 0. The van der Waals surface area contributed by atoms with E-state index in [0.717, 1.165) is 19.5 Å². The van der Waals surface area contributed by atoms with Crippen LogP contribution in [0.15, 0.2) is 24.3 Å². The summed E-state index contributed by atoms with van der Waals surface area (Å²) in [5.74, 6) is 0.602. The monoisotopic (exact) mass is 287 g/mol. The van der Waals surface area contributed by atoms with E-state index in [-0.39, 0.29) is 0 Å². The highest BCUT2D eigenvalue weighted by Crippen LogP contribution is 2.22. The Morgan fingerprint density at radius 3 is 2.62 bits per heavy atom. The number of nitrogens with one attached hydrogen (secondary N) is 1. The third-order valence-corrected chi connectivity index (χ3v) is 4.33. The van der Waals surface area contributed by atoms with Gasteiger partial charge in [-0.15, -0.1) is 0 Å². The van der Waals surface area contributed by atoms with Gasteiger partial charge in [-0.1, -0.05) is 39.0 Å². The molecule has 3 nitrogen and oxygen atoms in total. The van der Waals surface area contributed by atoms with Crippen LogP contribution in [0.25, 0.3) is 10.9 Å². The third-order valence-electron chi connectivity index (χ3n) is 4.33. The van der Waals surface area contributed by atoms with Crippen LogP contribution in [0.3, 0.4) is 0 Å². The number of hydrogen-bond acceptors (Lipinski definition) is 2. The summed E-state index contributed by atoms with van der Waals surface area (Å²) < 4.78 is 2.12. The second-order valence-corrected chi connectivity index (χ2v) is 5.93. The molecule has 3 heteroatoms. The second-order valence-electron chi connectivity index (χ2n) is 5.93. The Bertz CT molecular complexity index is 559. The summed E-state index contributed by atoms with van der Waals surface area (Å²) in [6, 6.07) is 9.17. The summed E-state index contributed by atoms with van der Waals surface area (Å²) in [7, 11) is 0. The van der Waals surface area contributed by atoms with E-state index in [0.29, 0.717) is 12.0 Å². The molecular weight excluding hydrogens is 258 g/mol. The number of para-hydroxylation sites is 1. The van der Waals surface area contributed by atoms with Crippen LogP contribution >= 0.6 is 0 Å². The maximum absolute atomic E-state index is 4.83. The van der Waals surface area contributed by atoms with Crippen molar-refractivity contribution in [2.75, 3.05) is 6.54 Å². The van der Waals surface area contributed by atoms with Crippen molar-refractivity contribution in [3.63, 3.8) is 0 Å². The minimum absolute atomic E-state index is 0.579. The van der Waals surface area contributed by atoms with Gasteiger partial charge in [-0.05, 0) is 44.7 Å². The summed E-state index contributed by atoms with van der Waals surface area (Å²) in [6.45, 7) is 11.0. The zero-order chi connectivity index (χ0) is 15.2. The van der Waals surface area contributed by atoms with Crippen LogP contribution in [0, 0.1) is 5.92 Å². The molecule has 2 aromatic rings. The van der Waals surface area contributed by atoms with Gasteiger partial charge in [0.25, 0.3) is 0 Å². The van der Waals surface area contributed by atoms with Gasteiger partial charge in [0.1, 0.15) is 0 Å². The summed E-state index contributed by atoms with van der Waals surface area (Å²) in [4.78, 5) is 0. The number of rotatable bonds is 8. The Morgan fingerprint density at radius 2 is 1.95 bits per heavy atom. The summed E-state index contributed by atoms with van der Waals surface area (Å²) in [5.41, 5.74) is 2.51. The van der Waals surface area contributed by atoms with Gasteiger partial charge < -0.3 is 5.32 Å². The van der Waals surface area contributed by atoms with E-state index >= 15 is 0 Å². The number of nitrogens with zero attached hydrogens (tertiary/aromatic N) is 2. The van der Waals surface area contributed by atoms with E-state index in [9.17, 15) is 0 Å². The van der Waals surface area contributed by atoms with Crippen LogP contribution in [0.5, 0.6) is 0 Å². The summed E-state index contributed by atoms with van der Waals surface area (Å²) in [5, 5.41) is 9.82. The average Bonchev–Trinajstić information content (AvgIpc) is 2.86. The molecule has 2 unspecified atom stereocenters. The van der Waals surface area contributed by atoms with E-state index in [1.165, 1.54) is 29.4 Å². The number of hydrogen-bond donors (Lipinski definition) is 1. The highest BCUT2D eigenvalue weighted by Gasteiger charge is 2.18. The normalized spacial score (nSPS) is 14.5. The third kappa shape index (κ3) is 3.65. The van der Waals surface area contributed by atoms with Crippen LogP contribution in [-0.4, -0.2) is 22.4 Å². The minimum Gasteiger partial charge on any atom is -0.314 e. The number of benzene rings is 1. The molecule has 1 aromatic heterocycles. The molecule has 0 amide bonds. The molecule has 116 valence electrons. The van der Waals surface area contributed by atoms with Gasteiger partial charge in [0, 0.05) is 18.0 Å². The lowest BCUT2D eigenvalue weighted by atomic mass is 9.93. The zero-order valence-electron chi connectivity index (χ0n) is 13.9. The van der Waals surface area contributed by atoms with Gasteiger partial charge in [-0.25, -0.2) is 0 Å². The topological polar surface area (TPSA) is 29.9 Å². The van der Waals surface area contributed by atoms with Gasteiger partial charge in [-0.2, -0.15) is 5.10 Å². The van der Waals surface area contributed by atoms with Crippen LogP contribution in [0.1, 0.15) is 46.2 Å². The van der Waals surface area contributed by atoms with E-state index in [4.69, 9.17) is 5.10 Å². The van der Waals surface area contributed by atoms with E-state index in [1.54, 1.807) is 0 Å². The molecule has 0 bridgehead atoms. The zero-order valence-corrected chi connectivity index (χ0v) is 13.9. The van der Waals surface area contributed by atoms with Crippen molar-refractivity contribution in [2.45, 2.75) is 59.5 Å². The highest BCUT2D eigenvalue weighted by molar-refractivity contribution is 5.81. The van der Waals surface area contributed by atoms with Crippen molar-refractivity contribution < 1.29 is 0 Å². The largest absolute Gasteiger partial charge is 0.314 e. The lowest BCUT2D eigenvalue weighted by Gasteiger charge is -2.23. The predicted octanol–water partition coefficient (Wildman–Crippen LogP) is 4.01. The number of aromatic nitrogens is 2. The van der Waals surface area contributed by atoms with Crippen molar-refractivity contribution in [3.05, 3.63) is 30.0 Å². The lowest BCUT2D eigenvalue weighted by molar-refractivity contribution is 0.362. The summed E-state index contributed by atoms with van der Waals surface area (Å²) in [6.07, 6.45) is 3.41. The number of fused-ring (bicyclic) bond motifs is 1. The fourth-order valence-corrected chi connectivity index (χ4v) is 3.11. The molecule has 1 aromatic carbocycles. The molecular formula is C18H29N3. The molecule has 0 saturated heterocycles. The first-order valence-corrected chi connectivity index (χ1v) is 8.39. The maximum atomic E-state index is 4.83. The predicted molar refractivity (Wildman–Crippen MR) is 90.6 cm³/mol. The molecule has 0 fully saturated rings. The lowest BCUT2D eigenvalue weighted by Crippen LogP contribution is -2.36. The van der Waals surface area contributed by atoms with E-state index < -0.39 is 0 Å². The van der Waals surface area contributed by atoms with Crippen molar-refractivity contribution in [3.8, 4) is 0 Å². The molecule has 0 saturated carbocycles. The SMILES string of the molecule is CCCNC(CC)C(C)Cc1nn(CC)c2ccccc12. The minimum atomic E-state index is 0.579. The van der Waals surface area contributed by atoms with Crippen molar-refractivity contribution in [1.29, 1.82) is 0 Å². The van der Waals surface area contributed by atoms with Crippen molar-refractivity contribution in [2.24, 2.45) is 5.92 Å². The van der Waals surface area contributed by atoms with Crippen LogP contribution in [-0.2, 0) is 13.0 Å². The maximum Gasteiger partial charge on any atom is 0.0706 e. The molecule has 2 rings (SSSR count). The van der Waals surface area contributed by atoms with Crippen LogP contribution in [0.4, 0.5) is 0 Å². The van der Waals surface area contributed by atoms with Gasteiger partial charge in [0.15, 0.2) is 0 Å². The fourth-order valence-electron chi connectivity index (χ4n) is 3.11. The Kier molecular flexibility index (Phi) is 5.80. The standard InChI is InChI=1S/C18H29N3/c1-5-12-19-16(6-2)14(4)13-17-15-10-8-9-11-18(15)21(7-3)20-17/h8-11,14,16,19H,5-7,12-13H2,1-4H3. The van der Waals surface area contributed by atoms with Crippen molar-refractivity contribution >= 4 is 10.9 Å². The van der Waals surface area contributed by atoms with E-state index in [1.807, 2.05) is 0 Å².